The van der Waals surface area contributed by atoms with Crippen LogP contribution in [0.15, 0.2) is 42.5 Å². The van der Waals surface area contributed by atoms with Gasteiger partial charge in [0.25, 0.3) is 0 Å². The lowest BCUT2D eigenvalue weighted by atomic mass is 9.86. The molecular formula is C17H17Cl2I. The standard InChI is InChI=1S/C17H17Cl2I/c1-17(2,3)12-6-4-11(5-7-12)16(19)14-10-13(18)8-9-15(14)20/h4-10,16H,1-3H3. The maximum Gasteiger partial charge on any atom is 0.0846 e. The Hall–Kier alpha value is -0.250. The molecule has 0 aliphatic heterocycles. The van der Waals surface area contributed by atoms with Gasteiger partial charge in [0.1, 0.15) is 0 Å². The SMILES string of the molecule is CC(C)(C)c1ccc(C(Cl)c2cc(Cl)ccc2I)cc1. The number of alkyl halides is 1. The van der Waals surface area contributed by atoms with Crippen LogP contribution in [0.5, 0.6) is 0 Å². The van der Waals surface area contributed by atoms with E-state index < -0.39 is 0 Å². The average Bonchev–Trinajstić information content (AvgIpc) is 2.40. The molecule has 0 radical (unpaired) electrons. The summed E-state index contributed by atoms with van der Waals surface area (Å²) in [4.78, 5) is 0. The Morgan fingerprint density at radius 2 is 1.60 bits per heavy atom. The van der Waals surface area contributed by atoms with E-state index in [9.17, 15) is 0 Å². The second-order valence-corrected chi connectivity index (χ2v) is 7.94. The van der Waals surface area contributed by atoms with Gasteiger partial charge >= 0.3 is 0 Å². The molecule has 0 nitrogen and oxygen atoms in total. The van der Waals surface area contributed by atoms with E-state index >= 15 is 0 Å². The molecule has 0 heterocycles. The molecule has 0 saturated heterocycles. The Labute approximate surface area is 144 Å². The van der Waals surface area contributed by atoms with Crippen LogP contribution in [0.25, 0.3) is 0 Å². The summed E-state index contributed by atoms with van der Waals surface area (Å²) < 4.78 is 1.13. The quantitative estimate of drug-likeness (QED) is 0.382. The van der Waals surface area contributed by atoms with Gasteiger partial charge in [-0.25, -0.2) is 0 Å². The monoisotopic (exact) mass is 418 g/mol. The zero-order chi connectivity index (χ0) is 14.9. The highest BCUT2D eigenvalue weighted by Crippen LogP contribution is 2.34. The largest absolute Gasteiger partial charge is 0.113 e. The van der Waals surface area contributed by atoms with Gasteiger partial charge in [-0.05, 0) is 62.9 Å². The molecule has 0 bridgehead atoms. The van der Waals surface area contributed by atoms with Crippen molar-refractivity contribution < 1.29 is 0 Å². The average molecular weight is 419 g/mol. The third-order valence-electron chi connectivity index (χ3n) is 3.30. The lowest BCUT2D eigenvalue weighted by Crippen LogP contribution is -2.10. The summed E-state index contributed by atoms with van der Waals surface area (Å²) in [5.41, 5.74) is 3.62. The molecule has 2 aromatic rings. The lowest BCUT2D eigenvalue weighted by molar-refractivity contribution is 0.590. The van der Waals surface area contributed by atoms with Crippen molar-refractivity contribution in [1.29, 1.82) is 0 Å². The van der Waals surface area contributed by atoms with Crippen LogP contribution < -0.4 is 0 Å². The molecule has 0 spiro atoms. The molecule has 1 unspecified atom stereocenters. The number of rotatable bonds is 2. The minimum Gasteiger partial charge on any atom is -0.113 e. The third-order valence-corrected chi connectivity index (χ3v) is 5.01. The summed E-state index contributed by atoms with van der Waals surface area (Å²) in [5.74, 6) is 0. The summed E-state index contributed by atoms with van der Waals surface area (Å²) >= 11 is 15.0. The lowest BCUT2D eigenvalue weighted by Gasteiger charge is -2.20. The summed E-state index contributed by atoms with van der Waals surface area (Å²) in [5, 5.41) is 0.548. The van der Waals surface area contributed by atoms with Crippen molar-refractivity contribution in [2.75, 3.05) is 0 Å². The van der Waals surface area contributed by atoms with E-state index in [-0.39, 0.29) is 10.8 Å². The van der Waals surface area contributed by atoms with Crippen molar-refractivity contribution in [3.8, 4) is 0 Å². The van der Waals surface area contributed by atoms with E-state index in [0.29, 0.717) is 0 Å². The summed E-state index contributed by atoms with van der Waals surface area (Å²) in [6.45, 7) is 6.63. The molecular weight excluding hydrogens is 402 g/mol. The fraction of sp³-hybridized carbons (Fsp3) is 0.294. The number of hydrogen-bond donors (Lipinski definition) is 0. The molecule has 0 saturated carbocycles. The van der Waals surface area contributed by atoms with E-state index in [1.54, 1.807) is 0 Å². The zero-order valence-corrected chi connectivity index (χ0v) is 15.4. The first-order valence-corrected chi connectivity index (χ1v) is 8.38. The van der Waals surface area contributed by atoms with Gasteiger partial charge in [-0.3, -0.25) is 0 Å². The van der Waals surface area contributed by atoms with Gasteiger partial charge in [0.05, 0.1) is 5.38 Å². The van der Waals surface area contributed by atoms with Crippen LogP contribution in [0.2, 0.25) is 5.02 Å². The van der Waals surface area contributed by atoms with Crippen molar-refractivity contribution in [3.63, 3.8) is 0 Å². The molecule has 2 aromatic carbocycles. The summed E-state index contributed by atoms with van der Waals surface area (Å²) in [6, 6.07) is 14.4. The summed E-state index contributed by atoms with van der Waals surface area (Å²) in [6.07, 6.45) is 0. The summed E-state index contributed by atoms with van der Waals surface area (Å²) in [7, 11) is 0. The van der Waals surface area contributed by atoms with Crippen LogP contribution in [0.3, 0.4) is 0 Å². The van der Waals surface area contributed by atoms with Crippen LogP contribution in [0.1, 0.15) is 42.8 Å². The van der Waals surface area contributed by atoms with E-state index in [1.165, 1.54) is 5.56 Å². The van der Waals surface area contributed by atoms with Crippen molar-refractivity contribution in [2.24, 2.45) is 0 Å². The second-order valence-electron chi connectivity index (χ2n) is 5.90. The maximum atomic E-state index is 6.61. The van der Waals surface area contributed by atoms with Gasteiger partial charge in [0.2, 0.25) is 0 Å². The molecule has 2 rings (SSSR count). The van der Waals surface area contributed by atoms with Gasteiger partial charge in [-0.2, -0.15) is 0 Å². The Morgan fingerprint density at radius 1 is 1.00 bits per heavy atom. The predicted molar refractivity (Wildman–Crippen MR) is 97.0 cm³/mol. The number of hydrogen-bond acceptors (Lipinski definition) is 0. The minimum atomic E-state index is -0.172. The van der Waals surface area contributed by atoms with Gasteiger partial charge in [-0.15, -0.1) is 11.6 Å². The maximum absolute atomic E-state index is 6.61. The van der Waals surface area contributed by atoms with E-state index in [1.807, 2.05) is 18.2 Å². The fourth-order valence-corrected chi connectivity index (χ4v) is 3.38. The highest BCUT2D eigenvalue weighted by molar-refractivity contribution is 14.1. The Bertz CT molecular complexity index is 597. The Morgan fingerprint density at radius 3 is 2.15 bits per heavy atom. The Balaban J connectivity index is 2.34. The van der Waals surface area contributed by atoms with Crippen LogP contribution in [0.4, 0.5) is 0 Å². The number of halogens is 3. The third kappa shape index (κ3) is 3.69. The molecule has 0 amide bonds. The first-order chi connectivity index (χ1) is 9.29. The van der Waals surface area contributed by atoms with Gasteiger partial charge in [-0.1, -0.05) is 56.6 Å². The molecule has 1 atom stereocenters. The molecule has 0 aliphatic rings. The number of benzene rings is 2. The molecule has 0 aliphatic carbocycles. The smallest absolute Gasteiger partial charge is 0.0846 e. The molecule has 106 valence electrons. The van der Waals surface area contributed by atoms with Gasteiger partial charge in [0.15, 0.2) is 0 Å². The minimum absolute atomic E-state index is 0.158. The van der Waals surface area contributed by atoms with E-state index in [4.69, 9.17) is 23.2 Å². The van der Waals surface area contributed by atoms with Crippen LogP contribution in [0, 0.1) is 3.57 Å². The van der Waals surface area contributed by atoms with Gasteiger partial charge in [0, 0.05) is 8.59 Å². The van der Waals surface area contributed by atoms with Crippen LogP contribution in [-0.4, -0.2) is 0 Å². The fourth-order valence-electron chi connectivity index (χ4n) is 2.04. The van der Waals surface area contributed by atoms with E-state index in [0.717, 1.165) is 19.7 Å². The van der Waals surface area contributed by atoms with Crippen molar-refractivity contribution in [2.45, 2.75) is 31.6 Å². The zero-order valence-electron chi connectivity index (χ0n) is 11.8. The van der Waals surface area contributed by atoms with Crippen LogP contribution in [-0.2, 0) is 5.41 Å². The first kappa shape index (κ1) is 16.1. The predicted octanol–water partition coefficient (Wildman–Crippen LogP) is 6.57. The Kier molecular flexibility index (Phi) is 5.04. The van der Waals surface area contributed by atoms with Gasteiger partial charge < -0.3 is 0 Å². The molecule has 20 heavy (non-hydrogen) atoms. The van der Waals surface area contributed by atoms with Crippen molar-refractivity contribution in [1.82, 2.24) is 0 Å². The highest BCUT2D eigenvalue weighted by atomic mass is 127. The van der Waals surface area contributed by atoms with Crippen LogP contribution >= 0.6 is 45.8 Å². The first-order valence-electron chi connectivity index (χ1n) is 6.48. The van der Waals surface area contributed by atoms with Crippen molar-refractivity contribution in [3.05, 3.63) is 67.7 Å². The highest BCUT2D eigenvalue weighted by Gasteiger charge is 2.17. The normalized spacial score (nSPS) is 13.3. The van der Waals surface area contributed by atoms with Crippen molar-refractivity contribution >= 4 is 45.8 Å². The molecule has 0 fully saturated rings. The molecule has 3 heteroatoms. The molecule has 0 N–H and O–H groups in total. The van der Waals surface area contributed by atoms with E-state index in [2.05, 4.69) is 67.6 Å². The molecule has 0 aromatic heterocycles. The second kappa shape index (κ2) is 6.25. The topological polar surface area (TPSA) is 0 Å².